The van der Waals surface area contributed by atoms with Gasteiger partial charge in [0.15, 0.2) is 0 Å². The van der Waals surface area contributed by atoms with Crippen molar-refractivity contribution in [2.75, 3.05) is 0 Å². The summed E-state index contributed by atoms with van der Waals surface area (Å²) in [5.41, 5.74) is 0. The van der Waals surface area contributed by atoms with Crippen LogP contribution in [0.15, 0.2) is 36.4 Å². The summed E-state index contributed by atoms with van der Waals surface area (Å²) in [5, 5.41) is 17.4. The fraction of sp³-hybridized carbons (Fsp3) is 0.500. The zero-order chi connectivity index (χ0) is 15.4. The first kappa shape index (κ1) is 18.2. The van der Waals surface area contributed by atoms with Gasteiger partial charge in [-0.1, -0.05) is 63.1 Å². The molecular formula is C16H24O4. The highest BCUT2D eigenvalue weighted by molar-refractivity contribution is 5.80. The lowest BCUT2D eigenvalue weighted by molar-refractivity contribution is -0.155. The second-order valence-electron chi connectivity index (χ2n) is 4.33. The Hall–Kier alpha value is -1.84. The molecule has 2 unspecified atom stereocenters. The van der Waals surface area contributed by atoms with Crippen molar-refractivity contribution in [3.8, 4) is 0 Å². The quantitative estimate of drug-likeness (QED) is 0.866. The van der Waals surface area contributed by atoms with Crippen LogP contribution in [-0.2, 0) is 9.59 Å². The van der Waals surface area contributed by atoms with Crippen LogP contribution in [0.5, 0.6) is 0 Å². The van der Waals surface area contributed by atoms with Gasteiger partial charge in [-0.15, -0.1) is 0 Å². The van der Waals surface area contributed by atoms with Crippen LogP contribution < -0.4 is 0 Å². The number of benzene rings is 1. The first-order chi connectivity index (χ1) is 9.63. The SMILES string of the molecule is CC.O=C(O)C1CCCCC1C(=O)O.c1ccccc1. The van der Waals surface area contributed by atoms with E-state index in [1.807, 2.05) is 50.2 Å². The molecule has 1 aliphatic rings. The van der Waals surface area contributed by atoms with Crippen molar-refractivity contribution in [2.45, 2.75) is 39.5 Å². The highest BCUT2D eigenvalue weighted by Gasteiger charge is 2.35. The largest absolute Gasteiger partial charge is 0.481 e. The molecule has 4 heteroatoms. The number of carboxylic acids is 2. The highest BCUT2D eigenvalue weighted by atomic mass is 16.4. The summed E-state index contributed by atoms with van der Waals surface area (Å²) in [6.07, 6.45) is 2.68. The molecule has 0 radical (unpaired) electrons. The number of hydrogen-bond acceptors (Lipinski definition) is 2. The molecule has 0 spiro atoms. The van der Waals surface area contributed by atoms with E-state index in [0.717, 1.165) is 12.8 Å². The summed E-state index contributed by atoms with van der Waals surface area (Å²) >= 11 is 0. The molecule has 1 fully saturated rings. The minimum Gasteiger partial charge on any atom is -0.481 e. The molecule has 1 saturated carbocycles. The Morgan fingerprint density at radius 1 is 0.750 bits per heavy atom. The lowest BCUT2D eigenvalue weighted by Gasteiger charge is -2.24. The van der Waals surface area contributed by atoms with Crippen LogP contribution in [0.4, 0.5) is 0 Å². The van der Waals surface area contributed by atoms with E-state index < -0.39 is 23.8 Å². The van der Waals surface area contributed by atoms with Gasteiger partial charge in [0.05, 0.1) is 11.8 Å². The topological polar surface area (TPSA) is 74.6 Å². The molecular weight excluding hydrogens is 256 g/mol. The van der Waals surface area contributed by atoms with Crippen LogP contribution in [0.2, 0.25) is 0 Å². The third kappa shape index (κ3) is 6.92. The molecule has 1 aromatic carbocycles. The normalized spacial score (nSPS) is 20.5. The molecule has 0 amide bonds. The number of hydrogen-bond donors (Lipinski definition) is 2. The van der Waals surface area contributed by atoms with Gasteiger partial charge in [-0.2, -0.15) is 0 Å². The van der Waals surface area contributed by atoms with Gasteiger partial charge in [0.25, 0.3) is 0 Å². The maximum absolute atomic E-state index is 10.6. The van der Waals surface area contributed by atoms with Crippen molar-refractivity contribution in [3.63, 3.8) is 0 Å². The molecule has 2 atom stereocenters. The summed E-state index contributed by atoms with van der Waals surface area (Å²) in [6, 6.07) is 12.0. The Morgan fingerprint density at radius 2 is 1.00 bits per heavy atom. The standard InChI is InChI=1S/C8H12O4.C6H6.C2H6/c9-7(10)5-3-1-2-4-6(5)8(11)12;1-2-4-6-5-3-1;1-2/h5-6H,1-4H2,(H,9,10)(H,11,12);1-6H;1-2H3. The predicted octanol–water partition coefficient (Wildman–Crippen LogP) is 3.67. The number of carbonyl (C=O) groups is 2. The summed E-state index contributed by atoms with van der Waals surface area (Å²) in [6.45, 7) is 4.00. The van der Waals surface area contributed by atoms with Crippen LogP contribution >= 0.6 is 0 Å². The van der Waals surface area contributed by atoms with Gasteiger partial charge >= 0.3 is 11.9 Å². The van der Waals surface area contributed by atoms with Crippen molar-refractivity contribution in [3.05, 3.63) is 36.4 Å². The van der Waals surface area contributed by atoms with Gasteiger partial charge in [0, 0.05) is 0 Å². The molecule has 112 valence electrons. The third-order valence-electron chi connectivity index (χ3n) is 3.07. The minimum absolute atomic E-state index is 0.506. The van der Waals surface area contributed by atoms with E-state index in [0.29, 0.717) is 12.8 Å². The van der Waals surface area contributed by atoms with Crippen LogP contribution in [0, 0.1) is 11.8 Å². The molecule has 0 bridgehead atoms. The molecule has 20 heavy (non-hydrogen) atoms. The average molecular weight is 280 g/mol. The average Bonchev–Trinajstić information content (AvgIpc) is 2.51. The number of rotatable bonds is 2. The van der Waals surface area contributed by atoms with Crippen molar-refractivity contribution in [1.29, 1.82) is 0 Å². The molecule has 0 heterocycles. The summed E-state index contributed by atoms with van der Waals surface area (Å²) in [7, 11) is 0. The Labute approximate surface area is 120 Å². The maximum Gasteiger partial charge on any atom is 0.307 e. The van der Waals surface area contributed by atoms with Gasteiger partial charge in [-0.25, -0.2) is 0 Å². The summed E-state index contributed by atoms with van der Waals surface area (Å²) < 4.78 is 0. The lowest BCUT2D eigenvalue weighted by atomic mass is 9.79. The van der Waals surface area contributed by atoms with E-state index in [2.05, 4.69) is 0 Å². The molecule has 1 aliphatic carbocycles. The monoisotopic (exact) mass is 280 g/mol. The second kappa shape index (κ2) is 11.0. The van der Waals surface area contributed by atoms with Crippen LogP contribution in [-0.4, -0.2) is 22.2 Å². The van der Waals surface area contributed by atoms with Gasteiger partial charge in [0.1, 0.15) is 0 Å². The fourth-order valence-electron chi connectivity index (χ4n) is 2.11. The smallest absolute Gasteiger partial charge is 0.307 e. The van der Waals surface area contributed by atoms with E-state index in [9.17, 15) is 9.59 Å². The van der Waals surface area contributed by atoms with Crippen molar-refractivity contribution in [1.82, 2.24) is 0 Å². The van der Waals surface area contributed by atoms with E-state index in [4.69, 9.17) is 10.2 Å². The second-order valence-corrected chi connectivity index (χ2v) is 4.33. The molecule has 4 nitrogen and oxygen atoms in total. The Kier molecular flexibility index (Phi) is 10.0. The van der Waals surface area contributed by atoms with Gasteiger partial charge in [-0.3, -0.25) is 9.59 Å². The number of aliphatic carboxylic acids is 2. The van der Waals surface area contributed by atoms with E-state index in [1.165, 1.54) is 0 Å². The van der Waals surface area contributed by atoms with Gasteiger partial charge < -0.3 is 10.2 Å². The van der Waals surface area contributed by atoms with Gasteiger partial charge in [-0.05, 0) is 12.8 Å². The van der Waals surface area contributed by atoms with Gasteiger partial charge in [0.2, 0.25) is 0 Å². The number of carboxylic acid groups (broad SMARTS) is 2. The van der Waals surface area contributed by atoms with E-state index in [1.54, 1.807) is 0 Å². The third-order valence-corrected chi connectivity index (χ3v) is 3.07. The predicted molar refractivity (Wildman–Crippen MR) is 78.5 cm³/mol. The molecule has 0 saturated heterocycles. The van der Waals surface area contributed by atoms with Crippen molar-refractivity contribution in [2.24, 2.45) is 11.8 Å². The van der Waals surface area contributed by atoms with E-state index in [-0.39, 0.29) is 0 Å². The fourth-order valence-corrected chi connectivity index (χ4v) is 2.11. The molecule has 2 rings (SSSR count). The van der Waals surface area contributed by atoms with Crippen LogP contribution in [0.25, 0.3) is 0 Å². The van der Waals surface area contributed by atoms with Crippen LogP contribution in [0.1, 0.15) is 39.5 Å². The molecule has 0 aromatic heterocycles. The van der Waals surface area contributed by atoms with Crippen molar-refractivity contribution < 1.29 is 19.8 Å². The first-order valence-corrected chi connectivity index (χ1v) is 7.08. The minimum atomic E-state index is -0.970. The Bertz CT molecular complexity index is 327. The molecule has 0 aliphatic heterocycles. The first-order valence-electron chi connectivity index (χ1n) is 7.08. The zero-order valence-electron chi connectivity index (χ0n) is 12.2. The Balaban J connectivity index is 0.000000377. The van der Waals surface area contributed by atoms with E-state index >= 15 is 0 Å². The summed E-state index contributed by atoms with van der Waals surface area (Å²) in [4.78, 5) is 21.2. The maximum atomic E-state index is 10.6. The Morgan fingerprint density at radius 3 is 1.20 bits per heavy atom. The molecule has 1 aromatic rings. The van der Waals surface area contributed by atoms with Crippen molar-refractivity contribution >= 4 is 11.9 Å². The van der Waals surface area contributed by atoms with Crippen LogP contribution in [0.3, 0.4) is 0 Å². The highest BCUT2D eigenvalue weighted by Crippen LogP contribution is 2.30. The summed E-state index contributed by atoms with van der Waals surface area (Å²) in [5.74, 6) is -3.28. The molecule has 2 N–H and O–H groups in total. The zero-order valence-corrected chi connectivity index (χ0v) is 12.2. The lowest BCUT2D eigenvalue weighted by Crippen LogP contribution is -2.32.